The summed E-state index contributed by atoms with van der Waals surface area (Å²) < 4.78 is 2.43. The van der Waals surface area contributed by atoms with Gasteiger partial charge >= 0.3 is 0 Å². The smallest absolute Gasteiger partial charge is 0.206 e. The Morgan fingerprint density at radius 3 is 2.72 bits per heavy atom. The average molecular weight is 568 g/mol. The Morgan fingerprint density at radius 1 is 1.00 bits per heavy atom. The summed E-state index contributed by atoms with van der Waals surface area (Å²) in [6.45, 7) is 7.50. The molecule has 10 rings (SSSR count). The normalized spacial score (nSPS) is 35.9. The van der Waals surface area contributed by atoms with Crippen LogP contribution in [0.2, 0.25) is 0 Å². The molecule has 7 heterocycles. The van der Waals surface area contributed by atoms with E-state index in [0.717, 1.165) is 26.1 Å². The first-order chi connectivity index (χ1) is 21.1. The number of H-pyrrole nitrogens is 1. The van der Waals surface area contributed by atoms with Gasteiger partial charge in [-0.1, -0.05) is 54.1 Å². The van der Waals surface area contributed by atoms with Gasteiger partial charge in [-0.15, -0.1) is 0 Å². The fraction of sp³-hybridized carbons (Fsp3) is 0.395. The van der Waals surface area contributed by atoms with E-state index in [1.54, 1.807) is 5.57 Å². The second kappa shape index (κ2) is 8.49. The minimum atomic E-state index is -0.450. The average Bonchev–Trinajstić information content (AvgIpc) is 3.72. The van der Waals surface area contributed by atoms with E-state index >= 15 is 0 Å². The number of aliphatic hydroxyl groups is 1. The highest BCUT2D eigenvalue weighted by Gasteiger charge is 2.69. The van der Waals surface area contributed by atoms with E-state index in [-0.39, 0.29) is 17.3 Å². The summed E-state index contributed by atoms with van der Waals surface area (Å²) in [5.74, 6) is 0.806. The second-order valence-electron chi connectivity index (χ2n) is 14.0. The molecule has 2 N–H and O–H groups in total. The van der Waals surface area contributed by atoms with Crippen molar-refractivity contribution in [3.05, 3.63) is 107 Å². The van der Waals surface area contributed by atoms with Crippen LogP contribution in [0.3, 0.4) is 0 Å². The van der Waals surface area contributed by atoms with E-state index in [4.69, 9.17) is 0 Å². The van der Waals surface area contributed by atoms with Crippen molar-refractivity contribution < 1.29 is 9.67 Å². The molecule has 5 heteroatoms. The van der Waals surface area contributed by atoms with Crippen LogP contribution >= 0.6 is 0 Å². The lowest BCUT2D eigenvalue weighted by molar-refractivity contribution is -0.699. The number of piperidine rings is 1. The van der Waals surface area contributed by atoms with Crippen LogP contribution in [-0.2, 0) is 18.4 Å². The summed E-state index contributed by atoms with van der Waals surface area (Å²) in [4.78, 5) is 9.20. The molecule has 2 aromatic heterocycles. The number of rotatable bonds is 1. The molecule has 0 amide bonds. The van der Waals surface area contributed by atoms with E-state index in [9.17, 15) is 5.11 Å². The first-order valence-electron chi connectivity index (χ1n) is 16.4. The molecule has 2 aromatic carbocycles. The highest BCUT2D eigenvalue weighted by molar-refractivity contribution is 6.07. The Labute approximate surface area is 252 Å². The van der Waals surface area contributed by atoms with Crippen LogP contribution in [0.4, 0.5) is 5.69 Å². The molecule has 1 aliphatic carbocycles. The van der Waals surface area contributed by atoms with Crippen molar-refractivity contribution in [3.8, 4) is 0 Å². The number of fused-ring (bicyclic) bond motifs is 9. The highest BCUT2D eigenvalue weighted by atomic mass is 16.3. The molecule has 3 fully saturated rings. The molecule has 6 aliphatic rings. The van der Waals surface area contributed by atoms with Crippen LogP contribution in [0.15, 0.2) is 95.9 Å². The predicted molar refractivity (Wildman–Crippen MR) is 171 cm³/mol. The molecule has 2 saturated heterocycles. The van der Waals surface area contributed by atoms with E-state index in [1.165, 1.54) is 62.7 Å². The lowest BCUT2D eigenvalue weighted by Gasteiger charge is -2.59. The number of nitrogens with zero attached hydrogens (tertiary/aromatic N) is 3. The van der Waals surface area contributed by atoms with Crippen molar-refractivity contribution in [1.82, 2.24) is 9.88 Å². The largest absolute Gasteiger partial charge is 0.388 e. The second-order valence-corrected chi connectivity index (χ2v) is 14.0. The Kier molecular flexibility index (Phi) is 4.88. The maximum Gasteiger partial charge on any atom is 0.206 e. The van der Waals surface area contributed by atoms with Gasteiger partial charge in [0.2, 0.25) is 5.69 Å². The number of allylic oxidation sites excluding steroid dienone is 3. The van der Waals surface area contributed by atoms with Gasteiger partial charge in [0.15, 0.2) is 12.7 Å². The van der Waals surface area contributed by atoms with E-state index in [1.807, 2.05) is 0 Å². The molecule has 216 valence electrons. The van der Waals surface area contributed by atoms with Gasteiger partial charge in [-0.25, -0.2) is 0 Å². The number of aliphatic hydroxyl groups excluding tert-OH is 1. The Bertz CT molecular complexity index is 1950. The highest BCUT2D eigenvalue weighted by Crippen LogP contribution is 2.65. The summed E-state index contributed by atoms with van der Waals surface area (Å²) in [7, 11) is 0. The molecule has 5 nitrogen and oxygen atoms in total. The number of para-hydroxylation sites is 2. The van der Waals surface area contributed by atoms with Crippen LogP contribution in [0.1, 0.15) is 37.9 Å². The Balaban J connectivity index is 1.16. The fourth-order valence-corrected chi connectivity index (χ4v) is 10.9. The summed E-state index contributed by atoms with van der Waals surface area (Å²) in [5, 5.41) is 15.3. The SMILES string of the molecule is C/C=C1/C[n+]2ccc3c([nH]c4ccccc43)c2C[C@@H]1C1=CN2c3ccccc3[C@]34CCN5C/C(=C/C)[C@H](C[C@H]53)[C@H](C24)[C@@H]1O. The van der Waals surface area contributed by atoms with Gasteiger partial charge in [-0.3, -0.25) is 4.90 Å². The summed E-state index contributed by atoms with van der Waals surface area (Å²) in [6, 6.07) is 21.0. The lowest BCUT2D eigenvalue weighted by atomic mass is 9.53. The monoisotopic (exact) mass is 567 g/mol. The van der Waals surface area contributed by atoms with Crippen molar-refractivity contribution in [2.75, 3.05) is 18.0 Å². The van der Waals surface area contributed by atoms with Gasteiger partial charge in [-0.05, 0) is 68.0 Å². The zero-order valence-electron chi connectivity index (χ0n) is 25.0. The molecular formula is C38H39N4O+. The molecule has 5 aliphatic heterocycles. The third kappa shape index (κ3) is 2.93. The molecule has 1 spiro atoms. The first-order valence-corrected chi connectivity index (χ1v) is 16.4. The van der Waals surface area contributed by atoms with E-state index in [0.29, 0.717) is 18.0 Å². The number of hydrogen-bond donors (Lipinski definition) is 2. The maximum atomic E-state index is 12.7. The van der Waals surface area contributed by atoms with Gasteiger partial charge in [0, 0.05) is 70.5 Å². The summed E-state index contributed by atoms with van der Waals surface area (Å²) >= 11 is 0. The fourth-order valence-electron chi connectivity index (χ4n) is 10.9. The van der Waals surface area contributed by atoms with Crippen LogP contribution in [0.5, 0.6) is 0 Å². The van der Waals surface area contributed by atoms with Gasteiger partial charge in [0.25, 0.3) is 0 Å². The van der Waals surface area contributed by atoms with Gasteiger partial charge < -0.3 is 15.0 Å². The molecule has 1 unspecified atom stereocenters. The first kappa shape index (κ1) is 24.7. The van der Waals surface area contributed by atoms with E-state index in [2.05, 4.69) is 112 Å². The maximum absolute atomic E-state index is 12.7. The topological polar surface area (TPSA) is 46.4 Å². The van der Waals surface area contributed by atoms with Crippen LogP contribution in [0, 0.1) is 17.8 Å². The third-order valence-corrected chi connectivity index (χ3v) is 12.7. The standard InChI is InChI=1S/C38H38N4O/c1-3-22-19-40-15-13-25-24-9-5-7-11-30(24)39-35(25)32(40)17-26(22)28-21-42-31-12-8-6-10-29(31)38-14-16-41-20-23(4-2)27(18-33(38)41)34(36(28)43)37(38)42/h3-13,15,21,26-27,33-34,36-37,43H,14,16-20H2,1-2H3/p+1/b22-3-,23-4-/t26-,27-,33-,34-,36+,37?,38+/m0/s1. The zero-order chi connectivity index (χ0) is 28.6. The Morgan fingerprint density at radius 2 is 1.84 bits per heavy atom. The van der Waals surface area contributed by atoms with Crippen LogP contribution in [-0.4, -0.2) is 46.3 Å². The van der Waals surface area contributed by atoms with Crippen molar-refractivity contribution in [1.29, 1.82) is 0 Å². The minimum Gasteiger partial charge on any atom is -0.388 e. The number of benzene rings is 2. The van der Waals surface area contributed by atoms with Crippen LogP contribution < -0.4 is 9.47 Å². The van der Waals surface area contributed by atoms with Gasteiger partial charge in [-0.2, -0.15) is 4.57 Å². The quantitative estimate of drug-likeness (QED) is 0.226. The molecule has 7 atom stereocenters. The number of aromatic amines is 1. The summed E-state index contributed by atoms with van der Waals surface area (Å²) in [5.41, 5.74) is 11.0. The molecule has 2 bridgehead atoms. The van der Waals surface area contributed by atoms with Crippen molar-refractivity contribution in [3.63, 3.8) is 0 Å². The zero-order valence-corrected chi connectivity index (χ0v) is 25.0. The van der Waals surface area contributed by atoms with E-state index < -0.39 is 6.10 Å². The van der Waals surface area contributed by atoms with Gasteiger partial charge in [0.05, 0.1) is 12.1 Å². The molecule has 0 radical (unpaired) electrons. The van der Waals surface area contributed by atoms with Crippen molar-refractivity contribution in [2.24, 2.45) is 17.8 Å². The number of aromatic nitrogens is 2. The molecular weight excluding hydrogens is 528 g/mol. The molecule has 1 saturated carbocycles. The third-order valence-electron chi connectivity index (χ3n) is 12.7. The molecule has 43 heavy (non-hydrogen) atoms. The number of pyridine rings is 1. The number of nitrogens with one attached hydrogen (secondary N) is 1. The van der Waals surface area contributed by atoms with Crippen molar-refractivity contribution in [2.45, 2.75) is 63.3 Å². The number of hydrogen-bond acceptors (Lipinski definition) is 3. The molecule has 4 aromatic rings. The van der Waals surface area contributed by atoms with Gasteiger partial charge in [0.1, 0.15) is 5.52 Å². The lowest BCUT2D eigenvalue weighted by Crippen LogP contribution is -2.67. The predicted octanol–water partition coefficient (Wildman–Crippen LogP) is 5.78. The Hall–Kier alpha value is -3.67. The minimum absolute atomic E-state index is 0.106. The van der Waals surface area contributed by atoms with Crippen LogP contribution in [0.25, 0.3) is 21.8 Å². The number of anilines is 1. The van der Waals surface area contributed by atoms with Crippen molar-refractivity contribution >= 4 is 27.5 Å². The summed E-state index contributed by atoms with van der Waals surface area (Å²) in [6.07, 6.45) is 12.2.